The summed E-state index contributed by atoms with van der Waals surface area (Å²) in [7, 11) is 1.65. The lowest BCUT2D eigenvalue weighted by molar-refractivity contribution is 0.0963. The van der Waals surface area contributed by atoms with Gasteiger partial charge in [-0.05, 0) is 62.7 Å². The van der Waals surface area contributed by atoms with E-state index in [1.54, 1.807) is 11.7 Å². The molecular formula is C24H27NO3. The summed E-state index contributed by atoms with van der Waals surface area (Å²) >= 11 is 0. The van der Waals surface area contributed by atoms with Gasteiger partial charge in [-0.1, -0.05) is 25.5 Å². The SMILES string of the molecule is C/C=C/c1c(C)n(C(=O)c2ccc(OCCCC)cc2)c2ccc(OC)cc12. The summed E-state index contributed by atoms with van der Waals surface area (Å²) in [4.78, 5) is 13.3. The van der Waals surface area contributed by atoms with E-state index in [0.29, 0.717) is 12.2 Å². The highest BCUT2D eigenvalue weighted by molar-refractivity contribution is 6.05. The van der Waals surface area contributed by atoms with E-state index in [9.17, 15) is 4.79 Å². The Kier molecular flexibility index (Phi) is 6.19. The van der Waals surface area contributed by atoms with Gasteiger partial charge in [0.15, 0.2) is 0 Å². The first-order valence-electron chi connectivity index (χ1n) is 9.70. The predicted molar refractivity (Wildman–Crippen MR) is 115 cm³/mol. The van der Waals surface area contributed by atoms with Crippen LogP contribution >= 0.6 is 0 Å². The van der Waals surface area contributed by atoms with Crippen LogP contribution in [0, 0.1) is 6.92 Å². The summed E-state index contributed by atoms with van der Waals surface area (Å²) in [5, 5.41) is 1.00. The average molecular weight is 377 g/mol. The normalized spacial score (nSPS) is 11.3. The topological polar surface area (TPSA) is 40.5 Å². The third-order valence-electron chi connectivity index (χ3n) is 4.86. The van der Waals surface area contributed by atoms with Crippen LogP contribution in [0.5, 0.6) is 11.5 Å². The highest BCUT2D eigenvalue weighted by Crippen LogP contribution is 2.31. The van der Waals surface area contributed by atoms with Gasteiger partial charge in [0.1, 0.15) is 11.5 Å². The monoisotopic (exact) mass is 377 g/mol. The van der Waals surface area contributed by atoms with Crippen LogP contribution in [0.25, 0.3) is 17.0 Å². The first-order valence-corrected chi connectivity index (χ1v) is 9.70. The fourth-order valence-electron chi connectivity index (χ4n) is 3.34. The molecule has 0 aliphatic heterocycles. The molecule has 0 aliphatic carbocycles. The molecular weight excluding hydrogens is 350 g/mol. The number of methoxy groups -OCH3 is 1. The Morgan fingerprint density at radius 3 is 2.46 bits per heavy atom. The summed E-state index contributed by atoms with van der Waals surface area (Å²) in [5.41, 5.74) is 3.45. The molecule has 0 unspecified atom stereocenters. The quantitative estimate of drug-likeness (QED) is 0.484. The maximum Gasteiger partial charge on any atom is 0.262 e. The molecule has 2 aromatic carbocycles. The Morgan fingerprint density at radius 1 is 1.11 bits per heavy atom. The number of carbonyl (C=O) groups excluding carboxylic acids is 1. The molecule has 0 saturated carbocycles. The van der Waals surface area contributed by atoms with E-state index in [-0.39, 0.29) is 5.91 Å². The molecule has 0 fully saturated rings. The number of carbonyl (C=O) groups is 1. The van der Waals surface area contributed by atoms with Crippen LogP contribution < -0.4 is 9.47 Å². The van der Waals surface area contributed by atoms with Crippen LogP contribution in [0.15, 0.2) is 48.5 Å². The van der Waals surface area contributed by atoms with Gasteiger partial charge in [0, 0.05) is 22.2 Å². The molecule has 0 atom stereocenters. The second-order valence-electron chi connectivity index (χ2n) is 6.75. The van der Waals surface area contributed by atoms with Crippen molar-refractivity contribution in [2.45, 2.75) is 33.6 Å². The second-order valence-corrected chi connectivity index (χ2v) is 6.75. The van der Waals surface area contributed by atoms with Crippen molar-refractivity contribution >= 4 is 22.9 Å². The van der Waals surface area contributed by atoms with Crippen molar-refractivity contribution in [3.63, 3.8) is 0 Å². The number of aromatic nitrogens is 1. The first-order chi connectivity index (χ1) is 13.6. The van der Waals surface area contributed by atoms with Crippen molar-refractivity contribution in [2.75, 3.05) is 13.7 Å². The van der Waals surface area contributed by atoms with Gasteiger partial charge in [0.25, 0.3) is 5.91 Å². The van der Waals surface area contributed by atoms with Gasteiger partial charge in [0.2, 0.25) is 0 Å². The molecule has 0 bridgehead atoms. The fourth-order valence-corrected chi connectivity index (χ4v) is 3.34. The zero-order valence-corrected chi connectivity index (χ0v) is 17.0. The Hall–Kier alpha value is -3.01. The van der Waals surface area contributed by atoms with E-state index >= 15 is 0 Å². The minimum absolute atomic E-state index is 0.0523. The van der Waals surface area contributed by atoms with Crippen molar-refractivity contribution in [1.29, 1.82) is 0 Å². The number of benzene rings is 2. The van der Waals surface area contributed by atoms with Crippen LogP contribution in [0.3, 0.4) is 0 Å². The summed E-state index contributed by atoms with van der Waals surface area (Å²) in [6, 6.07) is 13.2. The number of rotatable bonds is 7. The van der Waals surface area contributed by atoms with Crippen LogP contribution in [-0.4, -0.2) is 24.2 Å². The minimum atomic E-state index is -0.0523. The van der Waals surface area contributed by atoms with Crippen molar-refractivity contribution in [3.8, 4) is 11.5 Å². The van der Waals surface area contributed by atoms with Gasteiger partial charge < -0.3 is 9.47 Å². The zero-order chi connectivity index (χ0) is 20.1. The van der Waals surface area contributed by atoms with Gasteiger partial charge in [-0.2, -0.15) is 0 Å². The van der Waals surface area contributed by atoms with E-state index in [4.69, 9.17) is 9.47 Å². The van der Waals surface area contributed by atoms with Crippen LogP contribution in [0.1, 0.15) is 48.3 Å². The van der Waals surface area contributed by atoms with E-state index in [1.807, 2.05) is 68.5 Å². The molecule has 0 aliphatic rings. The molecule has 0 saturated heterocycles. The van der Waals surface area contributed by atoms with Crippen LogP contribution in [-0.2, 0) is 0 Å². The predicted octanol–water partition coefficient (Wildman–Crippen LogP) is 5.86. The number of fused-ring (bicyclic) bond motifs is 1. The third kappa shape index (κ3) is 3.81. The maximum absolute atomic E-state index is 13.3. The van der Waals surface area contributed by atoms with Gasteiger partial charge in [-0.15, -0.1) is 0 Å². The van der Waals surface area contributed by atoms with Gasteiger partial charge in [-0.25, -0.2) is 0 Å². The van der Waals surface area contributed by atoms with Crippen LogP contribution in [0.4, 0.5) is 0 Å². The summed E-state index contributed by atoms with van der Waals surface area (Å²) in [6.45, 7) is 6.77. The van der Waals surface area contributed by atoms with Crippen LogP contribution in [0.2, 0.25) is 0 Å². The molecule has 0 N–H and O–H groups in total. The number of allylic oxidation sites excluding steroid dienone is 1. The number of hydrogen-bond acceptors (Lipinski definition) is 3. The Morgan fingerprint density at radius 2 is 1.82 bits per heavy atom. The molecule has 0 spiro atoms. The molecule has 3 rings (SSSR count). The van der Waals surface area contributed by atoms with Gasteiger partial charge >= 0.3 is 0 Å². The van der Waals surface area contributed by atoms with Crippen molar-refractivity contribution in [2.24, 2.45) is 0 Å². The fraction of sp³-hybridized carbons (Fsp3) is 0.292. The molecule has 3 aromatic rings. The van der Waals surface area contributed by atoms with Gasteiger partial charge in [-0.3, -0.25) is 9.36 Å². The highest BCUT2D eigenvalue weighted by Gasteiger charge is 2.19. The minimum Gasteiger partial charge on any atom is -0.497 e. The number of hydrogen-bond donors (Lipinski definition) is 0. The largest absolute Gasteiger partial charge is 0.497 e. The molecule has 0 amide bonds. The molecule has 146 valence electrons. The van der Waals surface area contributed by atoms with Crippen molar-refractivity contribution < 1.29 is 14.3 Å². The Balaban J connectivity index is 2.00. The van der Waals surface area contributed by atoms with E-state index in [2.05, 4.69) is 6.92 Å². The number of ether oxygens (including phenoxy) is 2. The molecule has 1 heterocycles. The van der Waals surface area contributed by atoms with Crippen molar-refractivity contribution in [3.05, 3.63) is 65.4 Å². The summed E-state index contributed by atoms with van der Waals surface area (Å²) in [6.07, 6.45) is 6.13. The number of nitrogens with zero attached hydrogens (tertiary/aromatic N) is 1. The highest BCUT2D eigenvalue weighted by atomic mass is 16.5. The zero-order valence-electron chi connectivity index (χ0n) is 17.0. The van der Waals surface area contributed by atoms with E-state index in [1.165, 1.54) is 0 Å². The number of unbranched alkanes of at least 4 members (excludes halogenated alkanes) is 1. The Bertz CT molecular complexity index is 997. The lowest BCUT2D eigenvalue weighted by Crippen LogP contribution is -2.13. The molecule has 28 heavy (non-hydrogen) atoms. The lowest BCUT2D eigenvalue weighted by Gasteiger charge is -2.09. The molecule has 4 heteroatoms. The molecule has 0 radical (unpaired) electrons. The standard InChI is InChI=1S/C24H27NO3/c1-5-7-15-28-19-11-9-18(10-12-19)24(26)25-17(3)21(8-6-2)22-16-20(27-4)13-14-23(22)25/h6,8-14,16H,5,7,15H2,1-4H3/b8-6+. The Labute approximate surface area is 166 Å². The first kappa shape index (κ1) is 19.7. The van der Waals surface area contributed by atoms with Gasteiger partial charge in [0.05, 0.1) is 19.2 Å². The van der Waals surface area contributed by atoms with Crippen molar-refractivity contribution in [1.82, 2.24) is 4.57 Å². The maximum atomic E-state index is 13.3. The second kappa shape index (κ2) is 8.79. The average Bonchev–Trinajstić information content (AvgIpc) is 2.99. The lowest BCUT2D eigenvalue weighted by atomic mass is 10.1. The molecule has 4 nitrogen and oxygen atoms in total. The summed E-state index contributed by atoms with van der Waals surface area (Å²) in [5.74, 6) is 1.51. The van der Waals surface area contributed by atoms with E-state index < -0.39 is 0 Å². The molecule has 1 aromatic heterocycles. The van der Waals surface area contributed by atoms with E-state index in [0.717, 1.165) is 46.5 Å². The smallest absolute Gasteiger partial charge is 0.262 e. The summed E-state index contributed by atoms with van der Waals surface area (Å²) < 4.78 is 12.8. The third-order valence-corrected chi connectivity index (χ3v) is 4.86.